The van der Waals surface area contributed by atoms with Gasteiger partial charge in [0.15, 0.2) is 17.4 Å². The average Bonchev–Trinajstić information content (AvgIpc) is 2.68. The summed E-state index contributed by atoms with van der Waals surface area (Å²) >= 11 is 0. The van der Waals surface area contributed by atoms with Gasteiger partial charge in [0.25, 0.3) is 5.69 Å². The number of hydrogen-bond acceptors (Lipinski definition) is 6. The third-order valence-electron chi connectivity index (χ3n) is 4.54. The smallest absolute Gasteiger partial charge is 0.269 e. The van der Waals surface area contributed by atoms with Crippen LogP contribution in [0.4, 0.5) is 15.9 Å². The van der Waals surface area contributed by atoms with Crippen LogP contribution in [0, 0.1) is 22.9 Å². The van der Waals surface area contributed by atoms with E-state index in [0.29, 0.717) is 30.2 Å². The fourth-order valence-electron chi connectivity index (χ4n) is 3.22. The Bertz CT molecular complexity index is 1040. The van der Waals surface area contributed by atoms with E-state index in [1.807, 2.05) is 19.1 Å². The zero-order chi connectivity index (χ0) is 19.7. The molecule has 3 aromatic rings. The third kappa shape index (κ3) is 3.48. The molecule has 1 aromatic heterocycles. The first kappa shape index (κ1) is 17.8. The second kappa shape index (κ2) is 7.22. The lowest BCUT2D eigenvalue weighted by molar-refractivity contribution is -0.384. The van der Waals surface area contributed by atoms with Gasteiger partial charge in [-0.1, -0.05) is 12.1 Å². The van der Waals surface area contributed by atoms with Crippen LogP contribution in [0.5, 0.6) is 5.75 Å². The van der Waals surface area contributed by atoms with Crippen molar-refractivity contribution in [1.82, 2.24) is 9.97 Å². The molecule has 0 saturated carbocycles. The summed E-state index contributed by atoms with van der Waals surface area (Å²) in [5.74, 6) is 0.953. The maximum Gasteiger partial charge on any atom is 0.269 e. The molecule has 0 saturated heterocycles. The Morgan fingerprint density at radius 1 is 1.21 bits per heavy atom. The molecule has 0 bridgehead atoms. The molecule has 2 aromatic carbocycles. The highest BCUT2D eigenvalue weighted by Crippen LogP contribution is 2.36. The highest BCUT2D eigenvalue weighted by Gasteiger charge is 2.24. The summed E-state index contributed by atoms with van der Waals surface area (Å²) in [6.07, 6.45) is 0.673. The molecule has 8 heteroatoms. The van der Waals surface area contributed by atoms with Crippen LogP contribution in [0.15, 0.2) is 48.5 Å². The van der Waals surface area contributed by atoms with Gasteiger partial charge >= 0.3 is 0 Å². The number of anilines is 1. The molecule has 1 atom stereocenters. The van der Waals surface area contributed by atoms with Crippen LogP contribution in [0.25, 0.3) is 11.4 Å². The maximum atomic E-state index is 14.0. The zero-order valence-electron chi connectivity index (χ0n) is 15.1. The quantitative estimate of drug-likeness (QED) is 0.532. The van der Waals surface area contributed by atoms with Crippen LogP contribution in [0.1, 0.15) is 23.7 Å². The number of rotatable bonds is 4. The molecule has 0 fully saturated rings. The number of halogens is 1. The summed E-state index contributed by atoms with van der Waals surface area (Å²) in [6, 6.07) is 12.6. The number of benzene rings is 2. The highest BCUT2D eigenvalue weighted by atomic mass is 19.1. The number of nitrogens with zero attached hydrogens (tertiary/aromatic N) is 3. The average molecular weight is 380 g/mol. The highest BCUT2D eigenvalue weighted by molar-refractivity contribution is 5.60. The van der Waals surface area contributed by atoms with Gasteiger partial charge in [-0.25, -0.2) is 14.4 Å². The number of nitro groups is 1. The molecule has 28 heavy (non-hydrogen) atoms. The number of non-ortho nitro benzene ring substituents is 1. The minimum atomic E-state index is -0.449. The standard InChI is InChI=1S/C20H17FN4O3/c1-12-11-18(23-17-9-10-28-19-15(17)3-2-4-16(19)21)24-20(22-12)13-5-7-14(8-6-13)25(26)27/h2-8,11,17H,9-10H2,1H3,(H,22,23,24)/t17-/m0/s1. The van der Waals surface area contributed by atoms with Crippen LogP contribution in [-0.2, 0) is 0 Å². The van der Waals surface area contributed by atoms with Gasteiger partial charge in [0.1, 0.15) is 5.82 Å². The molecule has 1 aliphatic rings. The van der Waals surface area contributed by atoms with Gasteiger partial charge in [-0.05, 0) is 25.1 Å². The van der Waals surface area contributed by atoms with Crippen molar-refractivity contribution in [3.8, 4) is 17.1 Å². The Labute approximate surface area is 160 Å². The van der Waals surface area contributed by atoms with E-state index < -0.39 is 4.92 Å². The van der Waals surface area contributed by atoms with E-state index in [2.05, 4.69) is 15.3 Å². The van der Waals surface area contributed by atoms with Gasteiger partial charge in [0, 0.05) is 41.4 Å². The molecule has 1 N–H and O–H groups in total. The molecule has 4 rings (SSSR count). The molecule has 1 aliphatic heterocycles. The van der Waals surface area contributed by atoms with Gasteiger partial charge in [-0.2, -0.15) is 0 Å². The van der Waals surface area contributed by atoms with Crippen LogP contribution in [-0.4, -0.2) is 21.5 Å². The van der Waals surface area contributed by atoms with Gasteiger partial charge in [0.05, 0.1) is 17.6 Å². The SMILES string of the molecule is Cc1cc(N[C@H]2CCOc3c(F)cccc32)nc(-c2ccc([N+](=O)[O-])cc2)n1. The molecular weight excluding hydrogens is 363 g/mol. The summed E-state index contributed by atoms with van der Waals surface area (Å²) in [6.45, 7) is 2.25. The number of aromatic nitrogens is 2. The van der Waals surface area contributed by atoms with Crippen LogP contribution >= 0.6 is 0 Å². The number of nitro benzene ring substituents is 1. The predicted molar refractivity (Wildman–Crippen MR) is 102 cm³/mol. The Hall–Kier alpha value is -3.55. The fourth-order valence-corrected chi connectivity index (χ4v) is 3.22. The minimum Gasteiger partial charge on any atom is -0.490 e. The predicted octanol–water partition coefficient (Wildman–Crippen LogP) is 4.44. The van der Waals surface area contributed by atoms with Crippen molar-refractivity contribution in [2.45, 2.75) is 19.4 Å². The molecule has 0 aliphatic carbocycles. The Kier molecular flexibility index (Phi) is 4.60. The summed E-state index contributed by atoms with van der Waals surface area (Å²) in [5.41, 5.74) is 2.18. The first-order valence-electron chi connectivity index (χ1n) is 8.79. The van der Waals surface area contributed by atoms with E-state index in [1.165, 1.54) is 18.2 Å². The van der Waals surface area contributed by atoms with Gasteiger partial charge in [-0.3, -0.25) is 10.1 Å². The van der Waals surface area contributed by atoms with Gasteiger partial charge < -0.3 is 10.1 Å². The lowest BCUT2D eigenvalue weighted by Crippen LogP contribution is -2.21. The van der Waals surface area contributed by atoms with E-state index in [0.717, 1.165) is 11.3 Å². The number of para-hydroxylation sites is 1. The topological polar surface area (TPSA) is 90.2 Å². The van der Waals surface area contributed by atoms with Crippen molar-refractivity contribution in [3.63, 3.8) is 0 Å². The Balaban J connectivity index is 1.64. The van der Waals surface area contributed by atoms with E-state index in [4.69, 9.17) is 4.74 Å². The summed E-state index contributed by atoms with van der Waals surface area (Å²) in [5, 5.41) is 14.2. The molecule has 7 nitrogen and oxygen atoms in total. The minimum absolute atomic E-state index is 0.00981. The number of ether oxygens (including phenoxy) is 1. The normalized spacial score (nSPS) is 15.4. The van der Waals surface area contributed by atoms with Crippen LogP contribution in [0.3, 0.4) is 0 Å². The Morgan fingerprint density at radius 3 is 2.75 bits per heavy atom. The van der Waals surface area contributed by atoms with Gasteiger partial charge in [-0.15, -0.1) is 0 Å². The van der Waals surface area contributed by atoms with E-state index in [9.17, 15) is 14.5 Å². The first-order valence-corrected chi connectivity index (χ1v) is 8.79. The van der Waals surface area contributed by atoms with Crippen molar-refractivity contribution >= 4 is 11.5 Å². The molecule has 0 amide bonds. The molecule has 2 heterocycles. The summed E-state index contributed by atoms with van der Waals surface area (Å²) in [7, 11) is 0. The molecule has 0 radical (unpaired) electrons. The van der Waals surface area contributed by atoms with E-state index in [1.54, 1.807) is 18.2 Å². The van der Waals surface area contributed by atoms with Crippen molar-refractivity contribution in [2.24, 2.45) is 0 Å². The monoisotopic (exact) mass is 380 g/mol. The molecule has 0 unspecified atom stereocenters. The number of aryl methyl sites for hydroxylation is 1. The van der Waals surface area contributed by atoms with Crippen molar-refractivity contribution < 1.29 is 14.1 Å². The third-order valence-corrected chi connectivity index (χ3v) is 4.54. The number of nitrogens with one attached hydrogen (secondary N) is 1. The first-order chi connectivity index (χ1) is 13.5. The van der Waals surface area contributed by atoms with Crippen molar-refractivity contribution in [1.29, 1.82) is 0 Å². The lowest BCUT2D eigenvalue weighted by Gasteiger charge is -2.27. The molecular formula is C20H17FN4O3. The Morgan fingerprint density at radius 2 is 2.00 bits per heavy atom. The van der Waals surface area contributed by atoms with Crippen LogP contribution < -0.4 is 10.1 Å². The lowest BCUT2D eigenvalue weighted by atomic mass is 10.0. The van der Waals surface area contributed by atoms with Gasteiger partial charge in [0.2, 0.25) is 0 Å². The van der Waals surface area contributed by atoms with E-state index >= 15 is 0 Å². The van der Waals surface area contributed by atoms with Crippen LogP contribution in [0.2, 0.25) is 0 Å². The second-order valence-corrected chi connectivity index (χ2v) is 6.51. The number of hydrogen-bond donors (Lipinski definition) is 1. The largest absolute Gasteiger partial charge is 0.490 e. The maximum absolute atomic E-state index is 14.0. The number of fused-ring (bicyclic) bond motifs is 1. The zero-order valence-corrected chi connectivity index (χ0v) is 15.1. The molecule has 0 spiro atoms. The van der Waals surface area contributed by atoms with E-state index in [-0.39, 0.29) is 23.3 Å². The van der Waals surface area contributed by atoms with Crippen molar-refractivity contribution in [2.75, 3.05) is 11.9 Å². The fraction of sp³-hybridized carbons (Fsp3) is 0.200. The summed E-state index contributed by atoms with van der Waals surface area (Å²) < 4.78 is 19.5. The summed E-state index contributed by atoms with van der Waals surface area (Å²) in [4.78, 5) is 19.3. The molecule has 142 valence electrons. The van der Waals surface area contributed by atoms with Crippen molar-refractivity contribution in [3.05, 3.63) is 75.7 Å². The second-order valence-electron chi connectivity index (χ2n) is 6.51.